The predicted molar refractivity (Wildman–Crippen MR) is 134 cm³/mol. The van der Waals surface area contributed by atoms with Gasteiger partial charge in [-0.05, 0) is 62.8 Å². The van der Waals surface area contributed by atoms with Gasteiger partial charge in [-0.25, -0.2) is 8.78 Å². The summed E-state index contributed by atoms with van der Waals surface area (Å²) < 4.78 is 27.6. The quantitative estimate of drug-likeness (QED) is 0.329. The molecule has 1 fully saturated rings. The Morgan fingerprint density at radius 1 is 1.19 bits per heavy atom. The van der Waals surface area contributed by atoms with Crippen molar-refractivity contribution in [1.82, 2.24) is 15.5 Å². The van der Waals surface area contributed by atoms with E-state index in [1.807, 2.05) is 31.1 Å². The Labute approximate surface area is 200 Å². The minimum Gasteiger partial charge on any atom is -0.369 e. The Hall–Kier alpha value is -1.94. The lowest BCUT2D eigenvalue weighted by atomic mass is 10.0. The number of rotatable bonds is 6. The molecule has 1 atom stereocenters. The molecule has 0 spiro atoms. The van der Waals surface area contributed by atoms with E-state index in [0.717, 1.165) is 37.2 Å². The number of nitrogens with one attached hydrogen (secondary N) is 2. The molecule has 3 rings (SSSR count). The zero-order chi connectivity index (χ0) is 21.5. The van der Waals surface area contributed by atoms with E-state index in [-0.39, 0.29) is 41.7 Å². The van der Waals surface area contributed by atoms with E-state index >= 15 is 0 Å². The average Bonchev–Trinajstić information content (AvgIpc) is 2.73. The molecule has 31 heavy (non-hydrogen) atoms. The van der Waals surface area contributed by atoms with E-state index in [1.54, 1.807) is 25.2 Å². The van der Waals surface area contributed by atoms with Gasteiger partial charge in [-0.3, -0.25) is 4.99 Å². The molecule has 1 heterocycles. The molecule has 5 nitrogen and oxygen atoms in total. The number of guanidine groups is 1. The summed E-state index contributed by atoms with van der Waals surface area (Å²) in [6.07, 6.45) is 2.05. The smallest absolute Gasteiger partial charge is 0.191 e. The van der Waals surface area contributed by atoms with Crippen LogP contribution in [0, 0.1) is 11.6 Å². The molecule has 1 unspecified atom stereocenters. The van der Waals surface area contributed by atoms with Gasteiger partial charge in [-0.15, -0.1) is 24.0 Å². The molecule has 0 saturated carbocycles. The lowest BCUT2D eigenvalue weighted by Crippen LogP contribution is -2.51. The first-order valence-electron chi connectivity index (χ1n) is 10.3. The van der Waals surface area contributed by atoms with E-state index in [4.69, 9.17) is 0 Å². The summed E-state index contributed by atoms with van der Waals surface area (Å²) in [6.45, 7) is 2.82. The molecule has 1 aliphatic rings. The number of hydrogen-bond acceptors (Lipinski definition) is 3. The fraction of sp³-hybridized carbons (Fsp3) is 0.435. The molecule has 0 aliphatic carbocycles. The van der Waals surface area contributed by atoms with Crippen molar-refractivity contribution in [1.29, 1.82) is 0 Å². The van der Waals surface area contributed by atoms with Gasteiger partial charge in [0.2, 0.25) is 0 Å². The molecule has 170 valence electrons. The van der Waals surface area contributed by atoms with Crippen LogP contribution < -0.4 is 15.5 Å². The topological polar surface area (TPSA) is 42.9 Å². The summed E-state index contributed by atoms with van der Waals surface area (Å²) in [5, 5.41) is 6.79. The van der Waals surface area contributed by atoms with Gasteiger partial charge >= 0.3 is 0 Å². The molecule has 0 bridgehead atoms. The molecule has 2 aromatic rings. The molecular weight excluding hydrogens is 511 g/mol. The van der Waals surface area contributed by atoms with Crippen LogP contribution in [0.1, 0.15) is 24.0 Å². The van der Waals surface area contributed by atoms with Crippen LogP contribution in [0.5, 0.6) is 0 Å². The van der Waals surface area contributed by atoms with Crippen molar-refractivity contribution in [3.05, 3.63) is 65.2 Å². The highest BCUT2D eigenvalue weighted by Gasteiger charge is 2.21. The summed E-state index contributed by atoms with van der Waals surface area (Å²) >= 11 is 0. The monoisotopic (exact) mass is 543 g/mol. The van der Waals surface area contributed by atoms with E-state index in [1.165, 1.54) is 12.1 Å². The second-order valence-electron chi connectivity index (χ2n) is 8.00. The van der Waals surface area contributed by atoms with Crippen LogP contribution in [0.2, 0.25) is 0 Å². The van der Waals surface area contributed by atoms with Gasteiger partial charge in [0.05, 0.1) is 0 Å². The molecular formula is C23H32F2IN5. The third kappa shape index (κ3) is 7.60. The van der Waals surface area contributed by atoms with E-state index < -0.39 is 0 Å². The number of aliphatic imine (C=N–C) groups is 1. The zero-order valence-corrected chi connectivity index (χ0v) is 20.7. The fourth-order valence-electron chi connectivity index (χ4n) is 3.78. The third-order valence-electron chi connectivity index (χ3n) is 5.22. The number of piperidine rings is 1. The maximum Gasteiger partial charge on any atom is 0.191 e. The van der Waals surface area contributed by atoms with Crippen molar-refractivity contribution >= 4 is 35.6 Å². The van der Waals surface area contributed by atoms with Crippen LogP contribution in [0.3, 0.4) is 0 Å². The van der Waals surface area contributed by atoms with Gasteiger partial charge < -0.3 is 20.4 Å². The predicted octanol–water partition coefficient (Wildman–Crippen LogP) is 3.98. The van der Waals surface area contributed by atoms with Gasteiger partial charge in [0.15, 0.2) is 5.96 Å². The Morgan fingerprint density at radius 2 is 2.00 bits per heavy atom. The maximum absolute atomic E-state index is 14.0. The first kappa shape index (κ1) is 25.3. The van der Waals surface area contributed by atoms with Crippen molar-refractivity contribution in [2.75, 3.05) is 39.1 Å². The summed E-state index contributed by atoms with van der Waals surface area (Å²) in [4.78, 5) is 8.48. The number of nitrogens with zero attached hydrogens (tertiary/aromatic N) is 3. The Balaban J connectivity index is 0.00000341. The Kier molecular flexibility index (Phi) is 9.95. The molecule has 0 aromatic heterocycles. The van der Waals surface area contributed by atoms with Crippen LogP contribution in [-0.4, -0.2) is 51.1 Å². The summed E-state index contributed by atoms with van der Waals surface area (Å²) in [5.74, 6) is 0.308. The van der Waals surface area contributed by atoms with Crippen molar-refractivity contribution in [2.24, 2.45) is 4.99 Å². The average molecular weight is 543 g/mol. The third-order valence-corrected chi connectivity index (χ3v) is 5.22. The van der Waals surface area contributed by atoms with E-state index in [9.17, 15) is 8.78 Å². The summed E-state index contributed by atoms with van der Waals surface area (Å²) in [7, 11) is 5.59. The fourth-order valence-corrected chi connectivity index (χ4v) is 3.78. The van der Waals surface area contributed by atoms with Gasteiger partial charge in [0.1, 0.15) is 11.6 Å². The first-order valence-corrected chi connectivity index (χ1v) is 10.3. The van der Waals surface area contributed by atoms with E-state index in [2.05, 4.69) is 20.5 Å². The second-order valence-corrected chi connectivity index (χ2v) is 8.00. The molecule has 8 heteroatoms. The molecule has 0 radical (unpaired) electrons. The molecule has 2 aromatic carbocycles. The number of anilines is 1. The number of hydrogen-bond donors (Lipinski definition) is 2. The Morgan fingerprint density at radius 3 is 2.71 bits per heavy atom. The minimum atomic E-state index is -0.215. The van der Waals surface area contributed by atoms with Crippen LogP contribution in [0.15, 0.2) is 47.5 Å². The lowest BCUT2D eigenvalue weighted by molar-refractivity contribution is 0.392. The first-order chi connectivity index (χ1) is 14.4. The van der Waals surface area contributed by atoms with Crippen LogP contribution in [0.25, 0.3) is 0 Å². The van der Waals surface area contributed by atoms with Gasteiger partial charge in [-0.1, -0.05) is 12.1 Å². The Bertz CT molecular complexity index is 875. The largest absolute Gasteiger partial charge is 0.369 e. The minimum absolute atomic E-state index is 0. The summed E-state index contributed by atoms with van der Waals surface area (Å²) in [6, 6.07) is 12.1. The number of halogens is 3. The van der Waals surface area contributed by atoms with Crippen LogP contribution >= 0.6 is 24.0 Å². The van der Waals surface area contributed by atoms with Crippen LogP contribution in [0.4, 0.5) is 14.5 Å². The van der Waals surface area contributed by atoms with Crippen molar-refractivity contribution in [3.63, 3.8) is 0 Å². The van der Waals surface area contributed by atoms with E-state index in [0.29, 0.717) is 24.6 Å². The lowest BCUT2D eigenvalue weighted by Gasteiger charge is -2.35. The summed E-state index contributed by atoms with van der Waals surface area (Å²) in [5.41, 5.74) is 2.59. The normalized spacial score (nSPS) is 16.8. The van der Waals surface area contributed by atoms with Gasteiger partial charge in [-0.2, -0.15) is 0 Å². The standard InChI is InChI=1S/C23H31F2N5.HI/c1-26-23(27-14-17-9-10-22(25)18(12-17)15-29(2)3)28-20-7-5-11-30(16-20)21-8-4-6-19(24)13-21;/h4,6,8-10,12-13,20H,5,7,11,14-16H2,1-3H3,(H2,26,27,28);1H. The van der Waals surface area contributed by atoms with Gasteiger partial charge in [0.25, 0.3) is 0 Å². The highest BCUT2D eigenvalue weighted by atomic mass is 127. The highest BCUT2D eigenvalue weighted by molar-refractivity contribution is 14.0. The van der Waals surface area contributed by atoms with Crippen LogP contribution in [-0.2, 0) is 13.1 Å². The van der Waals surface area contributed by atoms with Gasteiger partial charge in [0, 0.05) is 50.5 Å². The highest BCUT2D eigenvalue weighted by Crippen LogP contribution is 2.20. The molecule has 1 aliphatic heterocycles. The van der Waals surface area contributed by atoms with Crippen molar-refractivity contribution in [3.8, 4) is 0 Å². The second kappa shape index (κ2) is 12.2. The SMILES string of the molecule is CN=C(NCc1ccc(F)c(CN(C)C)c1)NC1CCCN(c2cccc(F)c2)C1.I. The molecule has 2 N–H and O–H groups in total. The molecule has 0 amide bonds. The number of benzene rings is 2. The van der Waals surface area contributed by atoms with Crippen molar-refractivity contribution in [2.45, 2.75) is 32.0 Å². The maximum atomic E-state index is 14.0. The zero-order valence-electron chi connectivity index (χ0n) is 18.4. The molecule has 1 saturated heterocycles. The van der Waals surface area contributed by atoms with Crippen molar-refractivity contribution < 1.29 is 8.78 Å².